The summed E-state index contributed by atoms with van der Waals surface area (Å²) in [5.41, 5.74) is 2.84. The largest absolute Gasteiger partial charge is 0.489 e. The third kappa shape index (κ3) is 6.07. The van der Waals surface area contributed by atoms with E-state index >= 15 is 0 Å². The molecule has 3 N–H and O–H groups in total. The summed E-state index contributed by atoms with van der Waals surface area (Å²) in [6, 6.07) is 12.2. The number of aryl methyl sites for hydroxylation is 1. The maximum atomic E-state index is 12.6. The molecular formula is C25H22ClN3O5S. The second kappa shape index (κ2) is 11.2. The van der Waals surface area contributed by atoms with E-state index in [0.29, 0.717) is 27.8 Å². The molecule has 180 valence electrons. The number of aliphatic hydroxyl groups excluding tert-OH is 1. The lowest BCUT2D eigenvalue weighted by Crippen LogP contribution is -2.29. The molecule has 0 aliphatic rings. The highest BCUT2D eigenvalue weighted by molar-refractivity contribution is 7.17. The summed E-state index contributed by atoms with van der Waals surface area (Å²) in [5, 5.41) is 17.4. The molecule has 10 heteroatoms. The van der Waals surface area contributed by atoms with Crippen molar-refractivity contribution >= 4 is 50.7 Å². The Labute approximate surface area is 210 Å². The molecule has 4 aromatic rings. The number of hydrogen-bond donors (Lipinski definition) is 3. The predicted octanol–water partition coefficient (Wildman–Crippen LogP) is 5.17. The fourth-order valence-corrected chi connectivity index (χ4v) is 4.44. The van der Waals surface area contributed by atoms with Gasteiger partial charge in [0.1, 0.15) is 12.4 Å². The number of hydrogen-bond acceptors (Lipinski definition) is 7. The highest BCUT2D eigenvalue weighted by atomic mass is 35.5. The average molecular weight is 512 g/mol. The molecule has 0 saturated carbocycles. The van der Waals surface area contributed by atoms with Crippen LogP contribution in [-0.4, -0.2) is 35.2 Å². The first kappa shape index (κ1) is 24.5. The number of aromatic nitrogens is 1. The molecule has 35 heavy (non-hydrogen) atoms. The topological polar surface area (TPSA) is 110 Å². The normalized spacial score (nSPS) is 10.7. The highest BCUT2D eigenvalue weighted by Gasteiger charge is 2.14. The van der Waals surface area contributed by atoms with Gasteiger partial charge >= 0.3 is 6.09 Å². The number of amides is 2. The quantitative estimate of drug-likeness (QED) is 0.301. The number of fused-ring (bicyclic) bond motifs is 1. The van der Waals surface area contributed by atoms with Crippen LogP contribution in [0.15, 0.2) is 60.2 Å². The molecule has 2 aromatic heterocycles. The van der Waals surface area contributed by atoms with Crippen molar-refractivity contribution in [1.29, 1.82) is 0 Å². The zero-order valence-corrected chi connectivity index (χ0v) is 20.3. The first-order valence-corrected chi connectivity index (χ1v) is 11.9. The Hall–Kier alpha value is -3.66. The monoisotopic (exact) mass is 511 g/mol. The number of rotatable bonds is 8. The van der Waals surface area contributed by atoms with E-state index < -0.39 is 6.09 Å². The fourth-order valence-electron chi connectivity index (χ4n) is 3.27. The van der Waals surface area contributed by atoms with Crippen LogP contribution >= 0.6 is 22.9 Å². The van der Waals surface area contributed by atoms with Gasteiger partial charge in [-0.25, -0.2) is 4.79 Å². The van der Waals surface area contributed by atoms with Gasteiger partial charge in [-0.1, -0.05) is 23.7 Å². The number of aliphatic hydroxyl groups is 1. The number of benzene rings is 2. The molecule has 0 atom stereocenters. The number of anilines is 1. The van der Waals surface area contributed by atoms with E-state index in [1.165, 1.54) is 17.5 Å². The van der Waals surface area contributed by atoms with Crippen LogP contribution in [0.1, 0.15) is 21.5 Å². The second-order valence-electron chi connectivity index (χ2n) is 7.55. The fraction of sp³-hybridized carbons (Fsp3) is 0.160. The molecular weight excluding hydrogens is 490 g/mol. The molecule has 0 fully saturated rings. The molecule has 8 nitrogen and oxygen atoms in total. The van der Waals surface area contributed by atoms with Gasteiger partial charge in [-0.3, -0.25) is 9.78 Å². The van der Waals surface area contributed by atoms with Crippen molar-refractivity contribution in [3.8, 4) is 11.5 Å². The Bertz CT molecular complexity index is 1370. The first-order chi connectivity index (χ1) is 16.9. The molecule has 0 radical (unpaired) electrons. The van der Waals surface area contributed by atoms with Crippen molar-refractivity contribution in [2.75, 3.05) is 18.5 Å². The van der Waals surface area contributed by atoms with Crippen molar-refractivity contribution in [3.05, 3.63) is 82.0 Å². The van der Waals surface area contributed by atoms with Crippen molar-refractivity contribution in [3.63, 3.8) is 0 Å². The van der Waals surface area contributed by atoms with Gasteiger partial charge in [0, 0.05) is 46.0 Å². The molecule has 2 aromatic carbocycles. The third-order valence-electron chi connectivity index (χ3n) is 5.03. The third-order valence-corrected chi connectivity index (χ3v) is 6.32. The maximum Gasteiger partial charge on any atom is 0.412 e. The summed E-state index contributed by atoms with van der Waals surface area (Å²) >= 11 is 7.40. The molecule has 0 spiro atoms. The zero-order valence-electron chi connectivity index (χ0n) is 18.7. The standard InChI is InChI=1S/C25H22ClN3O5S/c1-15-5-6-19(29-24(31)16-3-2-4-18(26)9-16)10-21(15)33-13-17-14-35-23-20(17)11-27-12-22(23)34-25(32)28-7-8-30/h2-6,9-12,14,30H,7-8,13H2,1H3,(H,28,32)(H,29,31). The van der Waals surface area contributed by atoms with Crippen LogP contribution in [0.5, 0.6) is 11.5 Å². The lowest BCUT2D eigenvalue weighted by atomic mass is 10.1. The number of nitrogens with zero attached hydrogens (tertiary/aromatic N) is 1. The van der Waals surface area contributed by atoms with E-state index in [2.05, 4.69) is 15.6 Å². The molecule has 0 aliphatic heterocycles. The van der Waals surface area contributed by atoms with Gasteiger partial charge in [0.05, 0.1) is 17.5 Å². The summed E-state index contributed by atoms with van der Waals surface area (Å²) < 4.78 is 12.1. The molecule has 2 heterocycles. The van der Waals surface area contributed by atoms with Crippen LogP contribution in [0.4, 0.5) is 10.5 Å². The van der Waals surface area contributed by atoms with Gasteiger partial charge < -0.3 is 25.2 Å². The van der Waals surface area contributed by atoms with E-state index in [1.54, 1.807) is 42.6 Å². The minimum atomic E-state index is -0.660. The molecule has 0 unspecified atom stereocenters. The Kier molecular flexibility index (Phi) is 7.81. The van der Waals surface area contributed by atoms with Crippen LogP contribution in [0.2, 0.25) is 5.02 Å². The zero-order chi connectivity index (χ0) is 24.8. The SMILES string of the molecule is Cc1ccc(NC(=O)c2cccc(Cl)c2)cc1OCc1csc2c(OC(=O)NCCO)cncc12. The summed E-state index contributed by atoms with van der Waals surface area (Å²) in [6.07, 6.45) is 2.50. The van der Waals surface area contributed by atoms with Crippen molar-refractivity contribution in [2.24, 2.45) is 0 Å². The Balaban J connectivity index is 1.46. The number of ether oxygens (including phenoxy) is 2. The summed E-state index contributed by atoms with van der Waals surface area (Å²) in [6.45, 7) is 2.10. The minimum absolute atomic E-state index is 0.101. The number of thiophene rings is 1. The molecule has 2 amide bonds. The lowest BCUT2D eigenvalue weighted by Gasteiger charge is -2.12. The van der Waals surface area contributed by atoms with E-state index in [9.17, 15) is 9.59 Å². The smallest absolute Gasteiger partial charge is 0.412 e. The minimum Gasteiger partial charge on any atom is -0.489 e. The number of pyridine rings is 1. The van der Waals surface area contributed by atoms with E-state index in [-0.39, 0.29) is 25.7 Å². The predicted molar refractivity (Wildman–Crippen MR) is 136 cm³/mol. The Morgan fingerprint density at radius 3 is 2.80 bits per heavy atom. The molecule has 0 saturated heterocycles. The lowest BCUT2D eigenvalue weighted by molar-refractivity contribution is 0.102. The van der Waals surface area contributed by atoms with Crippen LogP contribution in [0.3, 0.4) is 0 Å². The van der Waals surface area contributed by atoms with Crippen LogP contribution in [0.25, 0.3) is 10.1 Å². The van der Waals surface area contributed by atoms with Crippen LogP contribution in [-0.2, 0) is 6.61 Å². The summed E-state index contributed by atoms with van der Waals surface area (Å²) in [7, 11) is 0. The molecule has 0 bridgehead atoms. The molecule has 4 rings (SSSR count). The van der Waals surface area contributed by atoms with Gasteiger partial charge in [0.2, 0.25) is 0 Å². The van der Waals surface area contributed by atoms with E-state index in [4.69, 9.17) is 26.2 Å². The summed E-state index contributed by atoms with van der Waals surface area (Å²) in [5.74, 6) is 0.681. The Morgan fingerprint density at radius 1 is 1.14 bits per heavy atom. The van der Waals surface area contributed by atoms with Crippen LogP contribution < -0.4 is 20.1 Å². The van der Waals surface area contributed by atoms with Crippen molar-refractivity contribution in [1.82, 2.24) is 10.3 Å². The Morgan fingerprint density at radius 2 is 2.00 bits per heavy atom. The van der Waals surface area contributed by atoms with E-state index in [0.717, 1.165) is 21.2 Å². The highest BCUT2D eigenvalue weighted by Crippen LogP contribution is 2.34. The van der Waals surface area contributed by atoms with Gasteiger partial charge in [-0.2, -0.15) is 0 Å². The van der Waals surface area contributed by atoms with Crippen molar-refractivity contribution < 1.29 is 24.2 Å². The number of carbonyl (C=O) groups excluding carboxylic acids is 2. The second-order valence-corrected chi connectivity index (χ2v) is 8.86. The van der Waals surface area contributed by atoms with Gasteiger partial charge in [0.15, 0.2) is 5.75 Å². The number of halogens is 1. The molecule has 0 aliphatic carbocycles. The van der Waals surface area contributed by atoms with Gasteiger partial charge in [-0.05, 0) is 42.1 Å². The summed E-state index contributed by atoms with van der Waals surface area (Å²) in [4.78, 5) is 28.6. The number of nitrogens with one attached hydrogen (secondary N) is 2. The maximum absolute atomic E-state index is 12.6. The van der Waals surface area contributed by atoms with Gasteiger partial charge in [0.25, 0.3) is 5.91 Å². The van der Waals surface area contributed by atoms with E-state index in [1.807, 2.05) is 18.4 Å². The average Bonchev–Trinajstić information content (AvgIpc) is 3.27. The van der Waals surface area contributed by atoms with Gasteiger partial charge in [-0.15, -0.1) is 11.3 Å². The number of carbonyl (C=O) groups is 2. The van der Waals surface area contributed by atoms with Crippen molar-refractivity contribution in [2.45, 2.75) is 13.5 Å². The van der Waals surface area contributed by atoms with Crippen LogP contribution in [0, 0.1) is 6.92 Å². The first-order valence-electron chi connectivity index (χ1n) is 10.7.